The van der Waals surface area contributed by atoms with Crippen molar-refractivity contribution in [3.8, 4) is 5.75 Å². The van der Waals surface area contributed by atoms with Gasteiger partial charge in [-0.05, 0) is 71.0 Å². The number of carbonyl (C=O) groups excluding carboxylic acids is 2. The fourth-order valence-electron chi connectivity index (χ4n) is 9.64. The van der Waals surface area contributed by atoms with Gasteiger partial charge in [0.2, 0.25) is 17.4 Å². The lowest BCUT2D eigenvalue weighted by Gasteiger charge is -2.41. The van der Waals surface area contributed by atoms with Crippen molar-refractivity contribution in [2.45, 2.75) is 70.6 Å². The third-order valence-corrected chi connectivity index (χ3v) is 14.6. The summed E-state index contributed by atoms with van der Waals surface area (Å²) in [6, 6.07) is 42.7. The Balaban J connectivity index is 1.01. The molecule has 5 aromatic carbocycles. The summed E-state index contributed by atoms with van der Waals surface area (Å²) in [6.45, 7) is 12.0. The fourth-order valence-corrected chi connectivity index (χ4v) is 11.7. The van der Waals surface area contributed by atoms with Gasteiger partial charge >= 0.3 is 0 Å². The molecule has 11 nitrogen and oxygen atoms in total. The van der Waals surface area contributed by atoms with E-state index in [4.69, 9.17) is 30.9 Å². The highest BCUT2D eigenvalue weighted by Crippen LogP contribution is 2.45. The van der Waals surface area contributed by atoms with Gasteiger partial charge in [-0.15, -0.1) is 0 Å². The zero-order chi connectivity index (χ0) is 46.7. The molecule has 0 radical (unpaired) electrons. The van der Waals surface area contributed by atoms with Gasteiger partial charge in [0.05, 0.1) is 16.2 Å². The van der Waals surface area contributed by atoms with Crippen molar-refractivity contribution in [1.29, 1.82) is 0 Å². The molecule has 0 saturated carbocycles. The lowest BCUT2D eigenvalue weighted by Crippen LogP contribution is -2.49. The lowest BCUT2D eigenvalue weighted by atomic mass is 9.64. The van der Waals surface area contributed by atoms with Gasteiger partial charge < -0.3 is 39.8 Å². The van der Waals surface area contributed by atoms with Crippen LogP contribution in [0.25, 0.3) is 10.9 Å². The number of benzene rings is 5. The predicted molar refractivity (Wildman–Crippen MR) is 270 cm³/mol. The minimum atomic E-state index is -0.987. The Hall–Kier alpha value is -5.39. The highest BCUT2D eigenvalue weighted by Gasteiger charge is 2.49. The number of ether oxygens (including phenoxy) is 1. The molecule has 2 amide bonds. The van der Waals surface area contributed by atoms with E-state index in [0.29, 0.717) is 54.8 Å². The van der Waals surface area contributed by atoms with Crippen LogP contribution in [-0.2, 0) is 37.0 Å². The zero-order valence-corrected chi connectivity index (χ0v) is 41.9. The molecule has 66 heavy (non-hydrogen) atoms. The highest BCUT2D eigenvalue weighted by molar-refractivity contribution is 6.33. The number of nitrogens with zero attached hydrogens (tertiary/aromatic N) is 1. The molecule has 1 saturated heterocycles. The van der Waals surface area contributed by atoms with Crippen LogP contribution in [-0.4, -0.2) is 73.7 Å². The molecule has 2 atom stereocenters. The molecule has 5 N–H and O–H groups in total. The predicted octanol–water partition coefficient (Wildman–Crippen LogP) is 7.41. The van der Waals surface area contributed by atoms with Crippen LogP contribution < -0.4 is 26.7 Å². The largest absolute Gasteiger partial charge is 0.487 e. The molecule has 1 aliphatic rings. The number of H-pyrrole nitrogens is 1. The van der Waals surface area contributed by atoms with E-state index in [1.54, 1.807) is 6.07 Å². The summed E-state index contributed by atoms with van der Waals surface area (Å²) in [7, 11) is -1.60. The third-order valence-electron chi connectivity index (χ3n) is 13.0. The summed E-state index contributed by atoms with van der Waals surface area (Å²) >= 11 is 6.83. The molecule has 6 aromatic rings. The first-order chi connectivity index (χ1) is 31.9. The summed E-state index contributed by atoms with van der Waals surface area (Å²) < 4.78 is 19.1. The van der Waals surface area contributed by atoms with E-state index >= 15 is 0 Å². The lowest BCUT2D eigenvalue weighted by molar-refractivity contribution is -0.124. The first-order valence-corrected chi connectivity index (χ1v) is 27.3. The number of hydrogen-bond acceptors (Lipinski definition) is 8. The van der Waals surface area contributed by atoms with Gasteiger partial charge in [0.1, 0.15) is 24.1 Å². The maximum Gasteiger partial charge on any atom is 0.248 e. The number of fused-ring (bicyclic) bond motifs is 1. The number of amides is 2. The van der Waals surface area contributed by atoms with E-state index < -0.39 is 30.4 Å². The van der Waals surface area contributed by atoms with Crippen LogP contribution in [0, 0.1) is 11.3 Å². The second kappa shape index (κ2) is 22.4. The molecular formula is C52H62ClN5O6Si2. The molecule has 7 rings (SSSR count). The zero-order valence-electron chi connectivity index (χ0n) is 38.4. The van der Waals surface area contributed by atoms with Gasteiger partial charge in [0, 0.05) is 55.4 Å². The van der Waals surface area contributed by atoms with E-state index in [9.17, 15) is 14.4 Å². The molecule has 1 aliphatic heterocycles. The number of carbonyl (C=O) groups is 2. The summed E-state index contributed by atoms with van der Waals surface area (Å²) in [5.74, 6) is -0.0778. The summed E-state index contributed by atoms with van der Waals surface area (Å²) in [5.41, 5.74) is 10.6. The normalized spacial score (nSPS) is 15.7. The number of aromatic amines is 1. The molecular weight excluding hydrogens is 882 g/mol. The quantitative estimate of drug-likeness (QED) is 0.0407. The average molecular weight is 945 g/mol. The van der Waals surface area contributed by atoms with Crippen LogP contribution in [0.2, 0.25) is 18.1 Å². The average Bonchev–Trinajstić information content (AvgIpc) is 3.80. The van der Waals surface area contributed by atoms with Gasteiger partial charge in [-0.25, -0.2) is 0 Å². The van der Waals surface area contributed by atoms with Crippen molar-refractivity contribution in [2.24, 2.45) is 17.1 Å². The Labute approximate surface area is 397 Å². The standard InChI is InChI=1S/C52H62ClN5O6Si2/c1-51(2,50(63-65-3)64-66-4)42(40-21-24-45(48-41(40)22-25-46(59)57-48)62-34-35-14-8-5-9-15-35)32-55-31-36-20-23-44(43(53)30-36)56-47(60)27-29-58-28-26-39(33-58)52(49(54)61,37-16-10-6-11-17-37)38-18-12-7-13-19-38/h5-25,30,39,42,50,55H,26-29,31-34,65-66H2,1-4H3,(H2,54,61)(H,56,60)(H,57,59). The van der Waals surface area contributed by atoms with Crippen LogP contribution in [0.4, 0.5) is 5.69 Å². The SMILES string of the molecule is C[SiH2]OC(O[SiH2]C)C(C)(C)C(CNCc1ccc(NC(=O)CCN2CCC(C(C(N)=O)(c3ccccc3)c3ccccc3)C2)c(Cl)c1)c1ccc(OCc2ccccc2)c2[nH]c(=O)ccc12. The summed E-state index contributed by atoms with van der Waals surface area (Å²) in [4.78, 5) is 44.9. The summed E-state index contributed by atoms with van der Waals surface area (Å²) in [5, 5.41) is 8.05. The maximum absolute atomic E-state index is 13.5. The number of likely N-dealkylation sites (tertiary alicyclic amines) is 1. The number of anilines is 1. The Bertz CT molecular complexity index is 2570. The van der Waals surface area contributed by atoms with Crippen LogP contribution in [0.1, 0.15) is 60.4 Å². The van der Waals surface area contributed by atoms with Gasteiger partial charge in [-0.3, -0.25) is 14.4 Å². The molecule has 2 unspecified atom stereocenters. The Morgan fingerprint density at radius 3 is 2.14 bits per heavy atom. The Morgan fingerprint density at radius 2 is 1.52 bits per heavy atom. The molecule has 1 aromatic heterocycles. The van der Waals surface area contributed by atoms with Gasteiger partial charge in [-0.1, -0.05) is 142 Å². The second-order valence-corrected chi connectivity index (χ2v) is 19.8. The fraction of sp³-hybridized carbons (Fsp3) is 0.327. The minimum Gasteiger partial charge on any atom is -0.487 e. The smallest absolute Gasteiger partial charge is 0.248 e. The van der Waals surface area contributed by atoms with Crippen molar-refractivity contribution in [2.75, 3.05) is 31.5 Å². The number of nitrogens with two attached hydrogens (primary N) is 1. The van der Waals surface area contributed by atoms with E-state index in [1.807, 2.05) is 121 Å². The molecule has 0 spiro atoms. The molecule has 0 bridgehead atoms. The topological polar surface area (TPSA) is 148 Å². The van der Waals surface area contributed by atoms with Crippen molar-refractivity contribution in [3.63, 3.8) is 0 Å². The molecule has 2 heterocycles. The van der Waals surface area contributed by atoms with E-state index in [0.717, 1.165) is 46.2 Å². The second-order valence-electron chi connectivity index (χ2n) is 17.6. The van der Waals surface area contributed by atoms with Crippen molar-refractivity contribution in [3.05, 3.63) is 177 Å². The molecule has 14 heteroatoms. The van der Waals surface area contributed by atoms with Crippen LogP contribution >= 0.6 is 11.6 Å². The van der Waals surface area contributed by atoms with Crippen molar-refractivity contribution < 1.29 is 23.2 Å². The van der Waals surface area contributed by atoms with Crippen LogP contribution in [0.5, 0.6) is 5.75 Å². The van der Waals surface area contributed by atoms with Crippen molar-refractivity contribution in [1.82, 2.24) is 15.2 Å². The van der Waals surface area contributed by atoms with Crippen molar-refractivity contribution >= 4 is 59.5 Å². The Kier molecular flexibility index (Phi) is 16.5. The first-order valence-electron chi connectivity index (χ1n) is 22.9. The van der Waals surface area contributed by atoms with Gasteiger partial charge in [0.15, 0.2) is 19.5 Å². The van der Waals surface area contributed by atoms with E-state index in [-0.39, 0.29) is 41.9 Å². The monoisotopic (exact) mass is 943 g/mol. The number of rotatable bonds is 22. The molecule has 346 valence electrons. The van der Waals surface area contributed by atoms with Crippen LogP contribution in [0.3, 0.4) is 0 Å². The van der Waals surface area contributed by atoms with Gasteiger partial charge in [-0.2, -0.15) is 0 Å². The van der Waals surface area contributed by atoms with E-state index in [1.165, 1.54) is 0 Å². The third kappa shape index (κ3) is 11.1. The molecule has 0 aliphatic carbocycles. The number of pyridine rings is 1. The minimum absolute atomic E-state index is 0.0610. The number of nitrogens with one attached hydrogen (secondary N) is 3. The molecule has 1 fully saturated rings. The number of halogens is 1. The first kappa shape index (κ1) is 48.5. The highest BCUT2D eigenvalue weighted by atomic mass is 35.5. The Morgan fingerprint density at radius 1 is 0.864 bits per heavy atom. The number of aromatic nitrogens is 1. The van der Waals surface area contributed by atoms with Crippen LogP contribution in [0.15, 0.2) is 138 Å². The van der Waals surface area contributed by atoms with Gasteiger partial charge in [0.25, 0.3) is 0 Å². The number of primary amides is 1. The van der Waals surface area contributed by atoms with E-state index in [2.05, 4.69) is 53.5 Å². The summed E-state index contributed by atoms with van der Waals surface area (Å²) in [6.07, 6.45) is 0.646. The number of hydrogen-bond donors (Lipinski definition) is 4. The maximum atomic E-state index is 13.5.